The number of carbonyl (C=O) groups is 8. The van der Waals surface area contributed by atoms with E-state index in [1.54, 1.807) is 6.55 Å². The maximum absolute atomic E-state index is 15.0. The Bertz CT molecular complexity index is 4570. The average molecular weight is 1730 g/mol. The lowest BCUT2D eigenvalue weighted by molar-refractivity contribution is -0.365. The minimum absolute atomic E-state index is 0.187. The minimum atomic E-state index is -6.35. The van der Waals surface area contributed by atoms with E-state index in [0.29, 0.717) is 7.11 Å². The van der Waals surface area contributed by atoms with E-state index < -0.39 is 256 Å². The summed E-state index contributed by atoms with van der Waals surface area (Å²) in [6.45, 7) is 13.8. The third kappa shape index (κ3) is 24.7. The van der Waals surface area contributed by atoms with Crippen molar-refractivity contribution in [2.24, 2.45) is 0 Å². The van der Waals surface area contributed by atoms with Crippen LogP contribution in [0.25, 0.3) is 0 Å². The lowest BCUT2D eigenvalue weighted by atomic mass is 9.93. The zero-order valence-electron chi connectivity index (χ0n) is 63.6. The number of ether oxygens (including phenoxy) is 14. The Labute approximate surface area is 667 Å². The molecule has 0 radical (unpaired) electrons. The van der Waals surface area contributed by atoms with Crippen LogP contribution in [-0.4, -0.2) is 265 Å². The van der Waals surface area contributed by atoms with Crippen molar-refractivity contribution < 1.29 is 178 Å². The van der Waals surface area contributed by atoms with Gasteiger partial charge < -0.3 is 99.6 Å². The quantitative estimate of drug-likeness (QED) is 0.0171. The fourth-order valence-electron chi connectivity index (χ4n) is 12.9. The number of hydrogen-bond donors (Lipinski definition) is 2. The van der Waals surface area contributed by atoms with E-state index in [-0.39, 0.29) is 16.7 Å². The van der Waals surface area contributed by atoms with Crippen LogP contribution in [0.15, 0.2) is 134 Å². The smallest absolute Gasteiger partial charge is 0.338 e. The molecule has 0 saturated carbocycles. The molecule has 2 amide bonds. The second kappa shape index (κ2) is 39.1. The van der Waals surface area contributed by atoms with Gasteiger partial charge in [0.05, 0.1) is 56.3 Å². The summed E-state index contributed by atoms with van der Waals surface area (Å²) in [5.41, 5.74) is -1.23. The first-order chi connectivity index (χ1) is 54.1. The third-order valence-electron chi connectivity index (χ3n) is 18.6. The summed E-state index contributed by atoms with van der Waals surface area (Å²) in [5, 5.41) is 2.92. The third-order valence-corrected chi connectivity index (χ3v) is 26.8. The van der Waals surface area contributed by atoms with E-state index in [2.05, 4.69) is 25.6 Å². The number of rotatable bonds is 33. The maximum Gasteiger partial charge on any atom is 0.338 e. The minimum Gasteiger partial charge on any atom is -0.726 e. The molecule has 4 fully saturated rings. The number of carbonyl (C=O) groups excluding carboxylic acids is 8. The molecule has 4 heterocycles. The highest BCUT2D eigenvalue weighted by atomic mass is 32.3. The fraction of sp³-hybridized carbons (Fsp3) is 0.514. The van der Waals surface area contributed by atoms with Crippen LogP contribution in [-0.2, 0) is 148 Å². The second-order valence-electron chi connectivity index (χ2n) is 28.2. The van der Waals surface area contributed by atoms with Crippen molar-refractivity contribution in [3.8, 4) is 0 Å². The Morgan fingerprint density at radius 3 is 1.05 bits per heavy atom. The number of hydrogen-bond acceptors (Lipinski definition) is 39. The van der Waals surface area contributed by atoms with Crippen molar-refractivity contribution in [2.75, 3.05) is 34.0 Å². The molecule has 4 aliphatic rings. The SMILES string of the molecule is C=CCO[C@@H]1OC(COS(=O)(=O)[O-])[C@H](OS(=O)(=O)[O-])[C@H](O[C@@H]2OC(C(=O)OC)[C@@H](O[C@@H]3OC(COS(=O)(=O)[O-])[C@H](OS(=O)(=O)[O-])[C@H](O[C@@H]4OC(C(=O)OC)[C@@H](O[Si](C)(C(C)(C)C)C(C)(C)C)[C@H](OC(=O)c5ccccc5)C4OC(=O)c4ccccc4)C3NC(C)=O)[C@H](OC(=O)c3ccccc3)C2OC(=O)c2ccccc2)C1NC(C)=O. The summed E-state index contributed by atoms with van der Waals surface area (Å²) in [7, 11) is -26.4. The van der Waals surface area contributed by atoms with Gasteiger partial charge in [-0.05, 0) is 65.2 Å². The first kappa shape index (κ1) is 93.2. The van der Waals surface area contributed by atoms with Crippen LogP contribution in [0.3, 0.4) is 0 Å². The van der Waals surface area contributed by atoms with Crippen molar-refractivity contribution in [2.45, 2.75) is 195 Å². The molecule has 4 saturated heterocycles. The molecule has 20 atom stereocenters. The van der Waals surface area contributed by atoms with Gasteiger partial charge in [0.1, 0.15) is 60.9 Å². The van der Waals surface area contributed by atoms with Gasteiger partial charge in [-0.1, -0.05) is 120 Å². The van der Waals surface area contributed by atoms with Gasteiger partial charge >= 0.3 is 35.8 Å². The van der Waals surface area contributed by atoms with E-state index in [9.17, 15) is 85.4 Å². The van der Waals surface area contributed by atoms with E-state index in [0.717, 1.165) is 51.3 Å². The number of methoxy groups -OCH3 is 2. The van der Waals surface area contributed by atoms with Gasteiger partial charge in [-0.15, -0.1) is 6.58 Å². The van der Waals surface area contributed by atoms with Crippen LogP contribution in [0.1, 0.15) is 96.8 Å². The van der Waals surface area contributed by atoms with Crippen molar-refractivity contribution in [1.29, 1.82) is 0 Å². The molecule has 0 aromatic heterocycles. The zero-order valence-corrected chi connectivity index (χ0v) is 67.8. The van der Waals surface area contributed by atoms with Crippen molar-refractivity contribution in [1.82, 2.24) is 10.6 Å². The highest BCUT2D eigenvalue weighted by molar-refractivity contribution is 7.81. The highest BCUT2D eigenvalue weighted by Gasteiger charge is 2.65. The van der Waals surface area contributed by atoms with Crippen LogP contribution in [0.2, 0.25) is 16.6 Å². The summed E-state index contributed by atoms with van der Waals surface area (Å²) in [4.78, 5) is 117. The number of nitrogens with one attached hydrogen (secondary N) is 2. The van der Waals surface area contributed by atoms with Gasteiger partial charge in [-0.25, -0.2) is 62.4 Å². The lowest BCUT2D eigenvalue weighted by Crippen LogP contribution is -2.72. The van der Waals surface area contributed by atoms with Crippen molar-refractivity contribution >= 4 is 97.5 Å². The van der Waals surface area contributed by atoms with Crippen LogP contribution < -0.4 is 10.6 Å². The van der Waals surface area contributed by atoms with E-state index in [1.165, 1.54) is 97.1 Å². The molecule has 4 aromatic rings. The van der Waals surface area contributed by atoms with Gasteiger partial charge in [0.2, 0.25) is 61.7 Å². The molecule has 0 spiro atoms. The Morgan fingerprint density at radius 1 is 0.431 bits per heavy atom. The topological polar surface area (TPSA) is 565 Å². The predicted octanol–water partition coefficient (Wildman–Crippen LogP) is 1.71. The normalized spacial score (nSPS) is 28.1. The molecule has 4 aliphatic heterocycles. The summed E-state index contributed by atoms with van der Waals surface area (Å²) in [6, 6.07) is 21.8. The van der Waals surface area contributed by atoms with Gasteiger partial charge in [-0.2, -0.15) is 0 Å². The number of benzene rings is 4. The average Bonchev–Trinajstić information content (AvgIpc) is 0.743. The first-order valence-electron chi connectivity index (χ1n) is 34.9. The van der Waals surface area contributed by atoms with Crippen molar-refractivity contribution in [3.05, 3.63) is 156 Å². The molecule has 640 valence electrons. The lowest BCUT2D eigenvalue weighted by Gasteiger charge is -2.54. The Kier molecular flexibility index (Phi) is 31.4. The standard InChI is InChI=1S/C70H88N2O39S4Si/c1-13-34-95-65-45(71-37(2)73)49(47(109-114(87,88)89)43(98-65)35-96-112(81,82)83)104-67-57(102-61(77)41-30-22-16-23-31-41)52(100-59(75)39-26-18-14-19-27-39)51(55(107-67)63(79)93-10)106-66-46(72-38(3)74)50(48(110-115(90,91)92)44(99-66)36-97-113(84,85)86)105-68-58(103-62(78)42-32-24-17-25-33-42)53(101-60(76)40-28-20-15-21-29-40)54(56(108-68)64(80)94-11)111-116(12,69(4,5)6)70(7,8)9/h13-33,43-58,65-68H,1,34-36H2,2-12H3,(H,71,73)(H,72,74)(H,81,82,83)(H,84,85,86)(H,87,88,89)(H,90,91,92)/p-4/t43?,44?,45?,46?,47-,48-,49+,50+,51-,52-,53-,54-,55?,56?,57?,58?,65+,66-,67+,68+/m0/s1. The molecular formula is C70H84N2O39S4Si-4. The van der Waals surface area contributed by atoms with E-state index >= 15 is 4.79 Å². The Balaban J connectivity index is 1.42. The highest BCUT2D eigenvalue weighted by Crippen LogP contribution is 2.53. The monoisotopic (exact) mass is 1730 g/mol. The molecule has 46 heteroatoms. The summed E-state index contributed by atoms with van der Waals surface area (Å²) in [6.07, 6.45) is -45.2. The molecular weight excluding hydrogens is 1650 g/mol. The largest absolute Gasteiger partial charge is 0.726 e. The maximum atomic E-state index is 15.0. The molecule has 0 bridgehead atoms. The molecule has 4 aromatic carbocycles. The molecule has 8 unspecified atom stereocenters. The Morgan fingerprint density at radius 2 is 0.741 bits per heavy atom. The second-order valence-corrected chi connectivity index (χ2v) is 37.7. The number of esters is 6. The van der Waals surface area contributed by atoms with E-state index in [1.807, 2.05) is 41.5 Å². The van der Waals surface area contributed by atoms with Gasteiger partial charge in [0.15, 0.2) is 61.8 Å². The molecule has 0 aliphatic carbocycles. The fourth-order valence-corrected chi connectivity index (χ4v) is 18.3. The van der Waals surface area contributed by atoms with Gasteiger partial charge in [0, 0.05) is 13.8 Å². The van der Waals surface area contributed by atoms with Crippen LogP contribution in [0.4, 0.5) is 0 Å². The molecule has 8 rings (SSSR count). The molecule has 41 nitrogen and oxygen atoms in total. The van der Waals surface area contributed by atoms with Crippen LogP contribution >= 0.6 is 0 Å². The molecule has 116 heavy (non-hydrogen) atoms. The summed E-state index contributed by atoms with van der Waals surface area (Å²) in [5.74, 6) is -10.9. The Hall–Kier alpha value is -8.28. The van der Waals surface area contributed by atoms with Crippen molar-refractivity contribution in [3.63, 3.8) is 0 Å². The van der Waals surface area contributed by atoms with Crippen LogP contribution in [0.5, 0.6) is 0 Å². The summed E-state index contributed by atoms with van der Waals surface area (Å²) >= 11 is 0. The zero-order chi connectivity index (χ0) is 85.8. The predicted molar refractivity (Wildman–Crippen MR) is 384 cm³/mol. The van der Waals surface area contributed by atoms with Gasteiger partial charge in [-0.3, -0.25) is 26.3 Å². The molecule has 2 N–H and O–H groups in total. The summed E-state index contributed by atoms with van der Waals surface area (Å²) < 4.78 is 265. The first-order valence-corrected chi connectivity index (χ1v) is 42.6. The number of amides is 2. The van der Waals surface area contributed by atoms with Crippen LogP contribution in [0, 0.1) is 0 Å². The van der Waals surface area contributed by atoms with E-state index in [4.69, 9.17) is 79.1 Å². The van der Waals surface area contributed by atoms with Gasteiger partial charge in [0.25, 0.3) is 0 Å².